The van der Waals surface area contributed by atoms with Gasteiger partial charge in [0.2, 0.25) is 0 Å². The highest BCUT2D eigenvalue weighted by Gasteiger charge is 2.27. The number of hydrogen-bond donors (Lipinski definition) is 3. The third-order valence-electron chi connectivity index (χ3n) is 5.31. The van der Waals surface area contributed by atoms with Crippen LogP contribution in [0.15, 0.2) is 47.6 Å². The van der Waals surface area contributed by atoms with Crippen LogP contribution in [-0.4, -0.2) is 37.5 Å². The lowest BCUT2D eigenvalue weighted by Gasteiger charge is -2.23. The van der Waals surface area contributed by atoms with Gasteiger partial charge in [0, 0.05) is 12.6 Å². The third-order valence-corrected chi connectivity index (χ3v) is 7.32. The van der Waals surface area contributed by atoms with Crippen molar-refractivity contribution in [1.29, 1.82) is 0 Å². The predicted octanol–water partition coefficient (Wildman–Crippen LogP) is 4.21. The fourth-order valence-corrected chi connectivity index (χ4v) is 5.30. The van der Waals surface area contributed by atoms with Crippen LogP contribution in [-0.2, 0) is 10.0 Å². The Morgan fingerprint density at radius 2 is 1.69 bits per heavy atom. The first-order chi connectivity index (χ1) is 15.2. The number of H-pyrrole nitrogens is 1. The summed E-state index contributed by atoms with van der Waals surface area (Å²) in [5, 5.41) is 2.84. The van der Waals surface area contributed by atoms with Gasteiger partial charge >= 0.3 is 0 Å². The number of sulfonamides is 1. The van der Waals surface area contributed by atoms with Gasteiger partial charge in [0.1, 0.15) is 17.5 Å². The number of hydrogen-bond acceptors (Lipinski definition) is 4. The zero-order valence-corrected chi connectivity index (χ0v) is 19.0. The Kier molecular flexibility index (Phi) is 6.83. The maximum Gasteiger partial charge on any atom is 0.257 e. The first kappa shape index (κ1) is 23.1. The normalized spacial score (nSPS) is 17.1. The summed E-state index contributed by atoms with van der Waals surface area (Å²) in [6.45, 7) is 1.40. The molecular formula is C21H20Cl2F2N4O2S. The summed E-state index contributed by atoms with van der Waals surface area (Å²) in [5.41, 5.74) is 1.06. The van der Waals surface area contributed by atoms with Crippen molar-refractivity contribution in [3.63, 3.8) is 0 Å². The van der Waals surface area contributed by atoms with Crippen LogP contribution in [0.5, 0.6) is 0 Å². The molecule has 3 N–H and O–H groups in total. The number of benzene rings is 2. The minimum Gasteiger partial charge on any atom is -0.331 e. The quantitative estimate of drug-likeness (QED) is 0.473. The summed E-state index contributed by atoms with van der Waals surface area (Å²) in [7, 11) is -3.85. The highest BCUT2D eigenvalue weighted by atomic mass is 35.5. The Morgan fingerprint density at radius 3 is 2.22 bits per heavy atom. The third kappa shape index (κ3) is 4.97. The van der Waals surface area contributed by atoms with Gasteiger partial charge in [-0.2, -0.15) is 0 Å². The van der Waals surface area contributed by atoms with Crippen LogP contribution in [0.3, 0.4) is 0 Å². The molecule has 2 heterocycles. The Morgan fingerprint density at radius 1 is 1.06 bits per heavy atom. The maximum absolute atomic E-state index is 13.7. The maximum atomic E-state index is 13.7. The van der Waals surface area contributed by atoms with Crippen LogP contribution in [0.25, 0.3) is 0 Å². The molecule has 3 aromatic rings. The molecule has 1 aromatic heterocycles. The van der Waals surface area contributed by atoms with Crippen LogP contribution in [0.4, 0.5) is 8.78 Å². The van der Waals surface area contributed by atoms with Crippen molar-refractivity contribution in [1.82, 2.24) is 20.0 Å². The average molecular weight is 501 g/mol. The lowest BCUT2D eigenvalue weighted by molar-refractivity contribution is 0.428. The van der Waals surface area contributed by atoms with Crippen molar-refractivity contribution >= 4 is 33.2 Å². The van der Waals surface area contributed by atoms with E-state index in [1.807, 2.05) is 0 Å². The van der Waals surface area contributed by atoms with Crippen LogP contribution in [0.2, 0.25) is 10.0 Å². The molecule has 1 atom stereocenters. The molecule has 0 saturated carbocycles. The average Bonchev–Trinajstić information content (AvgIpc) is 3.25. The molecule has 4 rings (SSSR count). The molecule has 0 bridgehead atoms. The number of piperidine rings is 1. The summed E-state index contributed by atoms with van der Waals surface area (Å²) in [5.74, 6) is -1.62. The second kappa shape index (κ2) is 9.44. The molecule has 2 aromatic carbocycles. The highest BCUT2D eigenvalue weighted by Crippen LogP contribution is 2.34. The van der Waals surface area contributed by atoms with E-state index in [1.54, 1.807) is 0 Å². The monoisotopic (exact) mass is 500 g/mol. The van der Waals surface area contributed by atoms with Crippen LogP contribution in [0, 0.1) is 11.6 Å². The first-order valence-electron chi connectivity index (χ1n) is 9.92. The Hall–Kier alpha value is -2.04. The molecule has 0 radical (unpaired) electrons. The molecule has 11 heteroatoms. The molecule has 1 unspecified atom stereocenters. The van der Waals surface area contributed by atoms with Crippen LogP contribution < -0.4 is 10.0 Å². The van der Waals surface area contributed by atoms with Crippen LogP contribution >= 0.6 is 23.2 Å². The van der Waals surface area contributed by atoms with Gasteiger partial charge < -0.3 is 10.3 Å². The standard InChI is InChI=1S/C21H20Cl2F2N4O2S/c22-15-8-12(3-5-17(15)24)20(13-4-6-18(25)16(23)9-13)21-27-11-19(28-21)32(30,31)29-14-2-1-7-26-10-14/h3-6,8-9,11,14,20,26,29H,1-2,7,10H2,(H,27,28). The molecule has 0 aliphatic carbocycles. The van der Waals surface area contributed by atoms with Gasteiger partial charge in [-0.05, 0) is 54.8 Å². The number of rotatable bonds is 6. The van der Waals surface area contributed by atoms with E-state index in [4.69, 9.17) is 23.2 Å². The topological polar surface area (TPSA) is 86.9 Å². The number of halogens is 4. The van der Waals surface area contributed by atoms with Crippen molar-refractivity contribution in [2.24, 2.45) is 0 Å². The van der Waals surface area contributed by atoms with Crippen molar-refractivity contribution in [2.45, 2.75) is 29.8 Å². The van der Waals surface area contributed by atoms with Crippen molar-refractivity contribution in [3.8, 4) is 0 Å². The molecule has 1 aliphatic heterocycles. The van der Waals surface area contributed by atoms with Crippen LogP contribution in [0.1, 0.15) is 35.7 Å². The van der Waals surface area contributed by atoms with E-state index in [-0.39, 0.29) is 26.9 Å². The summed E-state index contributed by atoms with van der Waals surface area (Å²) >= 11 is 11.9. The number of aromatic nitrogens is 2. The van der Waals surface area contributed by atoms with Gasteiger partial charge in [-0.25, -0.2) is 26.9 Å². The van der Waals surface area contributed by atoms with E-state index >= 15 is 0 Å². The Bertz CT molecular complexity index is 1180. The molecule has 0 amide bonds. The SMILES string of the molecule is O=S(=O)(NC1CCCNC1)c1cnc(C(c2ccc(F)c(Cl)c2)c2ccc(F)c(Cl)c2)[nH]1. The first-order valence-corrected chi connectivity index (χ1v) is 12.2. The summed E-state index contributed by atoms with van der Waals surface area (Å²) < 4.78 is 55.9. The molecule has 1 aliphatic rings. The minimum absolute atomic E-state index is 0.105. The van der Waals surface area contributed by atoms with Crippen molar-refractivity contribution in [3.05, 3.63) is 81.2 Å². The highest BCUT2D eigenvalue weighted by molar-refractivity contribution is 7.89. The van der Waals surface area contributed by atoms with Gasteiger partial charge in [0.15, 0.2) is 5.03 Å². The fourth-order valence-electron chi connectivity index (χ4n) is 3.73. The van der Waals surface area contributed by atoms with E-state index in [9.17, 15) is 17.2 Å². The fraction of sp³-hybridized carbons (Fsp3) is 0.286. The lowest BCUT2D eigenvalue weighted by atomic mass is 9.90. The summed E-state index contributed by atoms with van der Waals surface area (Å²) in [4.78, 5) is 7.12. The van der Waals surface area contributed by atoms with Gasteiger partial charge in [0.25, 0.3) is 10.0 Å². The zero-order chi connectivity index (χ0) is 22.9. The van der Waals surface area contributed by atoms with Crippen molar-refractivity contribution < 1.29 is 17.2 Å². The number of aromatic amines is 1. The van der Waals surface area contributed by atoms with Gasteiger partial charge in [-0.1, -0.05) is 35.3 Å². The minimum atomic E-state index is -3.85. The second-order valence-electron chi connectivity index (χ2n) is 7.58. The van der Waals surface area contributed by atoms with Gasteiger partial charge in [-0.15, -0.1) is 0 Å². The Balaban J connectivity index is 1.72. The zero-order valence-electron chi connectivity index (χ0n) is 16.7. The molecule has 170 valence electrons. The molecule has 1 saturated heterocycles. The second-order valence-corrected chi connectivity index (χ2v) is 10.1. The van der Waals surface area contributed by atoms with E-state index in [2.05, 4.69) is 20.0 Å². The molecular weight excluding hydrogens is 481 g/mol. The van der Waals surface area contributed by atoms with E-state index in [0.29, 0.717) is 17.7 Å². The van der Waals surface area contributed by atoms with Gasteiger partial charge in [-0.3, -0.25) is 0 Å². The lowest BCUT2D eigenvalue weighted by Crippen LogP contribution is -2.45. The van der Waals surface area contributed by atoms with E-state index in [0.717, 1.165) is 19.4 Å². The predicted molar refractivity (Wildman–Crippen MR) is 119 cm³/mol. The summed E-state index contributed by atoms with van der Waals surface area (Å²) in [6.07, 6.45) is 2.83. The molecule has 0 spiro atoms. The number of imidazole rings is 1. The van der Waals surface area contributed by atoms with E-state index < -0.39 is 27.6 Å². The molecule has 6 nitrogen and oxygen atoms in total. The number of nitrogens with one attached hydrogen (secondary N) is 3. The largest absolute Gasteiger partial charge is 0.331 e. The smallest absolute Gasteiger partial charge is 0.257 e. The van der Waals surface area contributed by atoms with Crippen molar-refractivity contribution in [2.75, 3.05) is 13.1 Å². The molecule has 32 heavy (non-hydrogen) atoms. The van der Waals surface area contributed by atoms with E-state index in [1.165, 1.54) is 42.6 Å². The Labute approximate surface area is 194 Å². The number of nitrogens with zero attached hydrogens (tertiary/aromatic N) is 1. The van der Waals surface area contributed by atoms with Gasteiger partial charge in [0.05, 0.1) is 22.2 Å². The summed E-state index contributed by atoms with van der Waals surface area (Å²) in [6, 6.07) is 8.03. The molecule has 1 fully saturated rings.